The number of benzene rings is 6. The molecule has 0 saturated heterocycles. The van der Waals surface area contributed by atoms with Gasteiger partial charge in [-0.25, -0.2) is 0 Å². The number of pyridine rings is 2. The van der Waals surface area contributed by atoms with Crippen molar-refractivity contribution < 1.29 is 20.1 Å². The van der Waals surface area contributed by atoms with Crippen LogP contribution in [0.2, 0.25) is 0 Å². The average Bonchev–Trinajstić information content (AvgIpc) is 3.72. The molecule has 0 radical (unpaired) electrons. The number of hydrogen-bond donors (Lipinski definition) is 0. The van der Waals surface area contributed by atoms with Gasteiger partial charge >= 0.3 is 20.1 Å². The molecular formula is C58H49IrN2. The summed E-state index contributed by atoms with van der Waals surface area (Å²) < 4.78 is 0. The van der Waals surface area contributed by atoms with E-state index < -0.39 is 0 Å². The van der Waals surface area contributed by atoms with E-state index in [0.29, 0.717) is 0 Å². The van der Waals surface area contributed by atoms with Crippen LogP contribution < -0.4 is 0 Å². The summed E-state index contributed by atoms with van der Waals surface area (Å²) in [4.78, 5) is 9.41. The molecule has 0 unspecified atom stereocenters. The van der Waals surface area contributed by atoms with Crippen LogP contribution in [0.4, 0.5) is 0 Å². The molecule has 61 heavy (non-hydrogen) atoms. The molecule has 0 aliphatic heterocycles. The second-order valence-electron chi connectivity index (χ2n) is 18.7. The number of aryl methyl sites for hydroxylation is 2. The normalized spacial score (nSPS) is 15.0. The third-order valence-electron chi connectivity index (χ3n) is 13.9. The van der Waals surface area contributed by atoms with Crippen molar-refractivity contribution in [2.45, 2.75) is 71.6 Å². The Morgan fingerprint density at radius 2 is 0.869 bits per heavy atom. The fourth-order valence-electron chi connectivity index (χ4n) is 10.4. The zero-order valence-electron chi connectivity index (χ0n) is 36.4. The average molecular weight is 966 g/mol. The molecule has 0 amide bonds. The number of hydrogen-bond acceptors (Lipinski definition) is 2. The van der Waals surface area contributed by atoms with Crippen LogP contribution in [-0.2, 0) is 36.4 Å². The maximum Gasteiger partial charge on any atom is 3.00 e. The predicted molar refractivity (Wildman–Crippen MR) is 255 cm³/mol. The maximum absolute atomic E-state index is 5.07. The third-order valence-corrected chi connectivity index (χ3v) is 13.9. The van der Waals surface area contributed by atoms with Crippen LogP contribution >= 0.6 is 0 Å². The van der Waals surface area contributed by atoms with E-state index in [1.165, 1.54) is 98.4 Å². The Bertz CT molecular complexity index is 2890. The van der Waals surface area contributed by atoms with Crippen molar-refractivity contribution in [1.29, 1.82) is 0 Å². The molecule has 0 spiro atoms. The number of fused-ring (bicyclic) bond motifs is 9. The molecule has 3 heteroatoms. The van der Waals surface area contributed by atoms with E-state index in [0.717, 1.165) is 22.2 Å². The smallest absolute Gasteiger partial charge is 0.358 e. The van der Waals surface area contributed by atoms with Gasteiger partial charge in [-0.05, 0) is 130 Å². The minimum absolute atomic E-state index is 0. The summed E-state index contributed by atoms with van der Waals surface area (Å²) in [5.74, 6) is 0. The van der Waals surface area contributed by atoms with Gasteiger partial charge in [0.2, 0.25) is 0 Å². The molecule has 2 nitrogen and oxygen atoms in total. The van der Waals surface area contributed by atoms with Crippen molar-refractivity contribution >= 4 is 64.8 Å². The first kappa shape index (κ1) is 40.7. The quantitative estimate of drug-likeness (QED) is 0.153. The van der Waals surface area contributed by atoms with Crippen LogP contribution in [0.3, 0.4) is 0 Å². The summed E-state index contributed by atoms with van der Waals surface area (Å²) in [6.45, 7) is 18.2. The summed E-state index contributed by atoms with van der Waals surface area (Å²) in [6.07, 6.45) is 3.99. The maximum atomic E-state index is 5.07. The SMILES string of the molecule is CC1(C)c2c[c-]c3cc2c2cc(ccc21)c1ccc2c(c1)c1cc(ccc1C2(C)C)c1ccc2c(c1)c1cc3ncc1C2(C)C.Cc1c[c-]c(-c2ccc(C)cn2)cc1.[CH3-].[Ir+3]. The van der Waals surface area contributed by atoms with Gasteiger partial charge in [0.05, 0.1) is 0 Å². The third kappa shape index (κ3) is 6.07. The van der Waals surface area contributed by atoms with Crippen LogP contribution in [-0.4, -0.2) is 9.97 Å². The topological polar surface area (TPSA) is 25.8 Å². The van der Waals surface area contributed by atoms with E-state index in [2.05, 4.69) is 175 Å². The molecule has 2 aromatic heterocycles. The predicted octanol–water partition coefficient (Wildman–Crippen LogP) is 15.0. The van der Waals surface area contributed by atoms with Crippen molar-refractivity contribution in [3.05, 3.63) is 198 Å². The van der Waals surface area contributed by atoms with Gasteiger partial charge in [-0.3, -0.25) is 0 Å². The van der Waals surface area contributed by atoms with Crippen molar-refractivity contribution in [2.24, 2.45) is 0 Å². The molecule has 0 saturated carbocycles. The van der Waals surface area contributed by atoms with Gasteiger partial charge in [0.25, 0.3) is 0 Å². The zero-order valence-corrected chi connectivity index (χ0v) is 38.8. The first-order valence-corrected chi connectivity index (χ1v) is 20.9. The van der Waals surface area contributed by atoms with Crippen molar-refractivity contribution in [3.63, 3.8) is 0 Å². The van der Waals surface area contributed by atoms with Crippen molar-refractivity contribution in [3.8, 4) is 11.3 Å². The fraction of sp³-hybridized carbons (Fsp3) is 0.190. The molecule has 3 aliphatic carbocycles. The molecule has 7 aromatic carbocycles. The Hall–Kier alpha value is -5.73. The molecule has 300 valence electrons. The number of aromatic nitrogens is 2. The van der Waals surface area contributed by atoms with Gasteiger partial charge in [-0.2, -0.15) is 0 Å². The van der Waals surface area contributed by atoms with Gasteiger partial charge in [0.15, 0.2) is 0 Å². The van der Waals surface area contributed by atoms with Gasteiger partial charge in [0, 0.05) is 23.2 Å². The number of nitrogens with zero attached hydrogens (tertiary/aromatic N) is 2. The minimum Gasteiger partial charge on any atom is -0.358 e. The Labute approximate surface area is 373 Å². The molecule has 3 aliphatic rings. The van der Waals surface area contributed by atoms with Gasteiger partial charge in [0.1, 0.15) is 0 Å². The Kier molecular flexibility index (Phi) is 9.44. The minimum atomic E-state index is -0.105. The van der Waals surface area contributed by atoms with Gasteiger partial charge < -0.3 is 17.4 Å². The van der Waals surface area contributed by atoms with Gasteiger partial charge in [-0.1, -0.05) is 121 Å². The molecule has 0 atom stereocenters. The summed E-state index contributed by atoms with van der Waals surface area (Å²) in [5.41, 5.74) is 13.4. The summed E-state index contributed by atoms with van der Waals surface area (Å²) >= 11 is 0. The molecule has 0 fully saturated rings. The number of rotatable bonds is 1. The summed E-state index contributed by atoms with van der Waals surface area (Å²) in [5, 5.41) is 14.0. The molecule has 2 heterocycles. The molecule has 12 bridgehead atoms. The van der Waals surface area contributed by atoms with Crippen LogP contribution in [0, 0.1) is 33.4 Å². The van der Waals surface area contributed by atoms with Gasteiger partial charge in [-0.15, -0.1) is 64.5 Å². The summed E-state index contributed by atoms with van der Waals surface area (Å²) in [7, 11) is 0. The second kappa shape index (κ2) is 14.2. The van der Waals surface area contributed by atoms with Crippen molar-refractivity contribution in [2.75, 3.05) is 0 Å². The first-order chi connectivity index (χ1) is 28.3. The molecule has 9 aromatic rings. The molecule has 12 rings (SSSR count). The Balaban J connectivity index is 0.000000255. The van der Waals surface area contributed by atoms with Crippen molar-refractivity contribution in [1.82, 2.24) is 9.97 Å². The van der Waals surface area contributed by atoms with Crippen LogP contribution in [0.25, 0.3) is 76.0 Å². The van der Waals surface area contributed by atoms with Crippen LogP contribution in [0.1, 0.15) is 86.1 Å². The monoisotopic (exact) mass is 966 g/mol. The molecular weight excluding hydrogens is 917 g/mol. The Morgan fingerprint density at radius 1 is 0.410 bits per heavy atom. The first-order valence-electron chi connectivity index (χ1n) is 20.9. The van der Waals surface area contributed by atoms with Crippen LogP contribution in [0.5, 0.6) is 0 Å². The largest absolute Gasteiger partial charge is 3.00 e. The van der Waals surface area contributed by atoms with E-state index in [1.807, 2.05) is 31.3 Å². The second-order valence-corrected chi connectivity index (χ2v) is 18.7. The van der Waals surface area contributed by atoms with E-state index >= 15 is 0 Å². The summed E-state index contributed by atoms with van der Waals surface area (Å²) in [6, 6.07) is 52.4. The van der Waals surface area contributed by atoms with E-state index in [4.69, 9.17) is 4.98 Å². The Morgan fingerprint density at radius 3 is 1.34 bits per heavy atom. The fourth-order valence-corrected chi connectivity index (χ4v) is 10.4. The van der Waals surface area contributed by atoms with Crippen LogP contribution in [0.15, 0.2) is 134 Å². The van der Waals surface area contributed by atoms with E-state index in [1.54, 1.807) is 0 Å². The standard InChI is InChI=1S/C44H34N.C13H12N.CH3.Ir/c1-42(2)35-12-7-24-17-29(35)30-18-25(8-13-36(30)42)27-10-15-39-32(20-27)34-22-41(45-23-40(34)44(39,5)6)28-11-16-38-33(21-28)31-19-26(24)9-14-37(31)43(38,3)4;1-10-3-6-12(7-4-10)13-8-5-11(2)9-14-13;;/h7-10,12-23H,1-6H3;3-6,8-9H,1-2H3;1H3;/q3*-1;+3. The zero-order chi connectivity index (χ0) is 40.6. The molecule has 0 N–H and O–H groups in total. The van der Waals surface area contributed by atoms with E-state index in [9.17, 15) is 0 Å². The van der Waals surface area contributed by atoms with E-state index in [-0.39, 0.29) is 43.8 Å².